The average molecular weight is 297 g/mol. The van der Waals surface area contributed by atoms with Crippen molar-refractivity contribution < 1.29 is 13.9 Å². The number of ether oxygens (including phenoxy) is 2. The van der Waals surface area contributed by atoms with Crippen LogP contribution < -0.4 is 4.74 Å². The van der Waals surface area contributed by atoms with E-state index in [1.807, 2.05) is 0 Å². The van der Waals surface area contributed by atoms with Gasteiger partial charge in [-0.3, -0.25) is 0 Å². The second-order valence-electron chi connectivity index (χ2n) is 4.69. The van der Waals surface area contributed by atoms with E-state index in [0.717, 1.165) is 25.9 Å². The highest BCUT2D eigenvalue weighted by molar-refractivity contribution is 6.18. The van der Waals surface area contributed by atoms with Gasteiger partial charge in [-0.25, -0.2) is 4.39 Å². The molecular weight excluding hydrogens is 279 g/mol. The Bertz CT molecular complexity index is 487. The van der Waals surface area contributed by atoms with E-state index in [9.17, 15) is 4.39 Å². The summed E-state index contributed by atoms with van der Waals surface area (Å²) in [4.78, 5) is 0. The van der Waals surface area contributed by atoms with Crippen LogP contribution in [-0.4, -0.2) is 25.2 Å². The Labute approximate surface area is 124 Å². The predicted molar refractivity (Wildman–Crippen MR) is 77.7 cm³/mol. The van der Waals surface area contributed by atoms with Gasteiger partial charge in [-0.2, -0.15) is 0 Å². The summed E-state index contributed by atoms with van der Waals surface area (Å²) in [6, 6.07) is 4.52. The third-order valence-electron chi connectivity index (χ3n) is 3.06. The normalized spacial score (nSPS) is 17.6. The Kier molecular flexibility index (Phi) is 6.17. The SMILES string of the molecule is Fc1cc(C#CCCCl)cc(OCCC2CCCO2)c1. The van der Waals surface area contributed by atoms with Crippen LogP contribution in [0.2, 0.25) is 0 Å². The molecule has 2 rings (SSSR count). The molecule has 2 nitrogen and oxygen atoms in total. The molecule has 1 aliphatic heterocycles. The van der Waals surface area contributed by atoms with Gasteiger partial charge < -0.3 is 9.47 Å². The molecule has 20 heavy (non-hydrogen) atoms. The van der Waals surface area contributed by atoms with Crippen molar-refractivity contribution in [2.45, 2.75) is 31.8 Å². The first-order valence-corrected chi connectivity index (χ1v) is 7.41. The van der Waals surface area contributed by atoms with E-state index in [2.05, 4.69) is 11.8 Å². The second kappa shape index (κ2) is 8.14. The highest BCUT2D eigenvalue weighted by Gasteiger charge is 2.15. The van der Waals surface area contributed by atoms with Crippen LogP contribution in [0.15, 0.2) is 18.2 Å². The maximum atomic E-state index is 13.5. The second-order valence-corrected chi connectivity index (χ2v) is 5.07. The van der Waals surface area contributed by atoms with E-state index < -0.39 is 0 Å². The van der Waals surface area contributed by atoms with Crippen molar-refractivity contribution in [3.8, 4) is 17.6 Å². The summed E-state index contributed by atoms with van der Waals surface area (Å²) >= 11 is 5.55. The Balaban J connectivity index is 1.88. The molecule has 4 heteroatoms. The van der Waals surface area contributed by atoms with Gasteiger partial charge in [0.15, 0.2) is 0 Å². The zero-order valence-corrected chi connectivity index (χ0v) is 12.1. The standard InChI is InChI=1S/C16H18ClFO2/c17-7-2-1-4-13-10-14(18)12-16(11-13)20-9-6-15-5-3-8-19-15/h10-12,15H,2-3,5-9H2. The first-order chi connectivity index (χ1) is 9.78. The molecule has 0 amide bonds. The molecule has 108 valence electrons. The molecule has 0 N–H and O–H groups in total. The summed E-state index contributed by atoms with van der Waals surface area (Å²) < 4.78 is 24.6. The quantitative estimate of drug-likeness (QED) is 0.608. The minimum Gasteiger partial charge on any atom is -0.493 e. The summed E-state index contributed by atoms with van der Waals surface area (Å²) in [5.74, 6) is 6.41. The summed E-state index contributed by atoms with van der Waals surface area (Å²) in [6.07, 6.45) is 3.91. The summed E-state index contributed by atoms with van der Waals surface area (Å²) in [7, 11) is 0. The van der Waals surface area contributed by atoms with Crippen molar-refractivity contribution in [3.05, 3.63) is 29.6 Å². The molecule has 1 aliphatic rings. The largest absolute Gasteiger partial charge is 0.493 e. The lowest BCUT2D eigenvalue weighted by atomic mass is 10.2. The monoisotopic (exact) mass is 296 g/mol. The Morgan fingerprint density at radius 2 is 2.30 bits per heavy atom. The maximum absolute atomic E-state index is 13.5. The minimum atomic E-state index is -0.338. The fourth-order valence-electron chi connectivity index (χ4n) is 2.11. The topological polar surface area (TPSA) is 18.5 Å². The van der Waals surface area contributed by atoms with Gasteiger partial charge in [0.2, 0.25) is 0 Å². The number of hydrogen-bond donors (Lipinski definition) is 0. The number of alkyl halides is 1. The molecule has 0 aromatic heterocycles. The van der Waals surface area contributed by atoms with Crippen LogP contribution in [0.25, 0.3) is 0 Å². The summed E-state index contributed by atoms with van der Waals surface area (Å²) in [6.45, 7) is 1.37. The smallest absolute Gasteiger partial charge is 0.128 e. The van der Waals surface area contributed by atoms with Gasteiger partial charge in [0, 0.05) is 37.0 Å². The van der Waals surface area contributed by atoms with Crippen molar-refractivity contribution in [3.63, 3.8) is 0 Å². The molecule has 0 radical (unpaired) electrons. The van der Waals surface area contributed by atoms with Gasteiger partial charge in [0.1, 0.15) is 11.6 Å². The van der Waals surface area contributed by atoms with E-state index in [1.165, 1.54) is 12.1 Å². The number of hydrogen-bond acceptors (Lipinski definition) is 2. The first kappa shape index (κ1) is 15.2. The average Bonchev–Trinajstić information content (AvgIpc) is 2.92. The van der Waals surface area contributed by atoms with Crippen LogP contribution in [0.5, 0.6) is 5.75 Å². The van der Waals surface area contributed by atoms with Crippen LogP contribution in [0.3, 0.4) is 0 Å². The molecule has 1 aromatic rings. The third kappa shape index (κ3) is 5.03. The van der Waals surface area contributed by atoms with E-state index >= 15 is 0 Å². The molecule has 0 aliphatic carbocycles. The molecule has 1 fully saturated rings. The van der Waals surface area contributed by atoms with Crippen molar-refractivity contribution >= 4 is 11.6 Å². The molecule has 0 spiro atoms. The number of rotatable bonds is 5. The van der Waals surface area contributed by atoms with Gasteiger partial charge in [-0.15, -0.1) is 11.6 Å². The zero-order valence-electron chi connectivity index (χ0n) is 11.3. The van der Waals surface area contributed by atoms with Gasteiger partial charge in [0.05, 0.1) is 12.7 Å². The van der Waals surface area contributed by atoms with Crippen LogP contribution in [0.4, 0.5) is 4.39 Å². The lowest BCUT2D eigenvalue weighted by Gasteiger charge is -2.11. The Hall–Kier alpha value is -1.24. The minimum absolute atomic E-state index is 0.284. The van der Waals surface area contributed by atoms with Crippen molar-refractivity contribution in [2.24, 2.45) is 0 Å². The zero-order chi connectivity index (χ0) is 14.2. The van der Waals surface area contributed by atoms with E-state index in [0.29, 0.717) is 30.2 Å². The van der Waals surface area contributed by atoms with Crippen LogP contribution in [0, 0.1) is 17.7 Å². The fourth-order valence-corrected chi connectivity index (χ4v) is 2.20. The first-order valence-electron chi connectivity index (χ1n) is 6.88. The molecule has 1 unspecified atom stereocenters. The van der Waals surface area contributed by atoms with E-state index in [-0.39, 0.29) is 11.9 Å². The number of halogens is 2. The predicted octanol–water partition coefficient (Wildman–Crippen LogP) is 3.75. The van der Waals surface area contributed by atoms with Gasteiger partial charge in [-0.1, -0.05) is 11.8 Å². The van der Waals surface area contributed by atoms with Crippen LogP contribution in [0.1, 0.15) is 31.2 Å². The van der Waals surface area contributed by atoms with Gasteiger partial charge in [0.25, 0.3) is 0 Å². The van der Waals surface area contributed by atoms with Crippen LogP contribution in [-0.2, 0) is 4.74 Å². The van der Waals surface area contributed by atoms with Crippen LogP contribution >= 0.6 is 11.6 Å². The molecule has 0 bridgehead atoms. The lowest BCUT2D eigenvalue weighted by Crippen LogP contribution is -2.10. The molecule has 1 atom stereocenters. The summed E-state index contributed by atoms with van der Waals surface area (Å²) in [5, 5.41) is 0. The summed E-state index contributed by atoms with van der Waals surface area (Å²) in [5.41, 5.74) is 0.613. The van der Waals surface area contributed by atoms with Gasteiger partial charge in [-0.05, 0) is 25.0 Å². The fraction of sp³-hybridized carbons (Fsp3) is 0.500. The molecular formula is C16H18ClFO2. The maximum Gasteiger partial charge on any atom is 0.128 e. The molecule has 1 aromatic carbocycles. The Morgan fingerprint density at radius 3 is 3.05 bits per heavy atom. The highest BCUT2D eigenvalue weighted by Crippen LogP contribution is 2.19. The molecule has 1 saturated heterocycles. The Morgan fingerprint density at radius 1 is 1.40 bits per heavy atom. The third-order valence-corrected chi connectivity index (χ3v) is 3.25. The van der Waals surface area contributed by atoms with Crippen molar-refractivity contribution in [1.82, 2.24) is 0 Å². The van der Waals surface area contributed by atoms with Crippen molar-refractivity contribution in [1.29, 1.82) is 0 Å². The number of benzene rings is 1. The molecule has 1 heterocycles. The van der Waals surface area contributed by atoms with Gasteiger partial charge >= 0.3 is 0 Å². The molecule has 0 saturated carbocycles. The van der Waals surface area contributed by atoms with Crippen molar-refractivity contribution in [2.75, 3.05) is 19.1 Å². The highest BCUT2D eigenvalue weighted by atomic mass is 35.5. The van der Waals surface area contributed by atoms with E-state index in [1.54, 1.807) is 6.07 Å². The van der Waals surface area contributed by atoms with E-state index in [4.69, 9.17) is 21.1 Å². The lowest BCUT2D eigenvalue weighted by molar-refractivity contribution is 0.0903.